The van der Waals surface area contributed by atoms with Crippen LogP contribution in [0.25, 0.3) is 26.5 Å². The van der Waals surface area contributed by atoms with Gasteiger partial charge < -0.3 is 9.47 Å². The molecule has 4 aromatic rings. The Morgan fingerprint density at radius 1 is 1.12 bits per heavy atom. The summed E-state index contributed by atoms with van der Waals surface area (Å²) in [5, 5.41) is 20.0. The van der Waals surface area contributed by atoms with Crippen LogP contribution in [-0.2, 0) is 14.3 Å². The quantitative estimate of drug-likeness (QED) is 0.157. The van der Waals surface area contributed by atoms with Crippen LogP contribution in [0.1, 0.15) is 26.2 Å². The summed E-state index contributed by atoms with van der Waals surface area (Å²) in [5.74, 6) is -1.53. The maximum absolute atomic E-state index is 14.0. The van der Waals surface area contributed by atoms with Crippen LogP contribution >= 0.6 is 0 Å². The number of anilines is 1. The van der Waals surface area contributed by atoms with Gasteiger partial charge in [-0.3, -0.25) is 24.8 Å². The first-order chi connectivity index (χ1) is 19.3. The average Bonchev–Trinajstić information content (AvgIpc) is 3.66. The van der Waals surface area contributed by atoms with Gasteiger partial charge in [0.1, 0.15) is 0 Å². The summed E-state index contributed by atoms with van der Waals surface area (Å²) >= 11 is 0. The molecule has 40 heavy (non-hydrogen) atoms. The molecule has 0 radical (unpaired) electrons. The van der Waals surface area contributed by atoms with Crippen LogP contribution < -0.4 is 9.64 Å². The number of carbonyl (C=O) groups is 2. The molecule has 2 amide bonds. The van der Waals surface area contributed by atoms with Crippen molar-refractivity contribution in [2.24, 2.45) is 11.8 Å². The third-order valence-corrected chi connectivity index (χ3v) is 8.74. The molecule has 1 N–H and O–H groups in total. The van der Waals surface area contributed by atoms with Crippen molar-refractivity contribution in [1.82, 2.24) is 10.2 Å². The Morgan fingerprint density at radius 2 is 1.90 bits per heavy atom. The third-order valence-electron chi connectivity index (χ3n) is 8.74. The fourth-order valence-electron chi connectivity index (χ4n) is 6.93. The van der Waals surface area contributed by atoms with E-state index >= 15 is 0 Å². The molecule has 0 aliphatic carbocycles. The van der Waals surface area contributed by atoms with E-state index in [1.165, 1.54) is 17.0 Å². The van der Waals surface area contributed by atoms with E-state index in [1.54, 1.807) is 18.2 Å². The summed E-state index contributed by atoms with van der Waals surface area (Å²) in [7, 11) is 0. The largest absolute Gasteiger partial charge is 0.476 e. The standard InChI is InChI=1S/C29H23N5O6/c1-28-11-12-29(40-28,13-14-39-25-19-8-7-16(34(37)38)15-21(19)31-32-25)24-23(28)26(35)33(27(24)36)22-10-9-20(30-2)17-5-3-4-6-18(17)22/h3-10,15,23-24H,11-14H2,1H3,(H,31,32)/t23-,24+,28?,29?/m1/s1. The molecule has 3 aliphatic heterocycles. The number of carbonyl (C=O) groups excluding carboxylic acids is 2. The van der Waals surface area contributed by atoms with Crippen molar-refractivity contribution in [2.75, 3.05) is 11.5 Å². The average molecular weight is 538 g/mol. The molecule has 11 nitrogen and oxygen atoms in total. The first kappa shape index (κ1) is 24.2. The first-order valence-corrected chi connectivity index (χ1v) is 13.0. The topological polar surface area (TPSA) is 132 Å². The van der Waals surface area contributed by atoms with Crippen molar-refractivity contribution in [3.8, 4) is 5.88 Å². The van der Waals surface area contributed by atoms with Gasteiger partial charge in [0.05, 0.1) is 57.7 Å². The molecule has 4 heterocycles. The van der Waals surface area contributed by atoms with Crippen LogP contribution in [0.2, 0.25) is 0 Å². The predicted molar refractivity (Wildman–Crippen MR) is 144 cm³/mol. The number of imide groups is 1. The molecule has 1 aromatic heterocycles. The second kappa shape index (κ2) is 8.34. The minimum absolute atomic E-state index is 0.0531. The fourth-order valence-corrected chi connectivity index (χ4v) is 6.93. The van der Waals surface area contributed by atoms with Gasteiger partial charge in [0.2, 0.25) is 17.7 Å². The SMILES string of the molecule is [C-]#[N+]c1ccc(N2C(=O)[C@@H]3[C@H](C2=O)C2(C)CCC3(CCOc3n[nH]c4cc([N+](=O)[O-])ccc34)O2)c2ccccc12. The highest BCUT2D eigenvalue weighted by molar-refractivity contribution is 6.26. The number of fused-ring (bicyclic) bond motifs is 7. The number of amides is 2. The van der Waals surface area contributed by atoms with Gasteiger partial charge in [-0.05, 0) is 42.7 Å². The van der Waals surface area contributed by atoms with Gasteiger partial charge in [0.25, 0.3) is 5.69 Å². The van der Waals surface area contributed by atoms with Crippen LogP contribution in [0.4, 0.5) is 17.1 Å². The fraction of sp³-hybridized carbons (Fsp3) is 0.310. The van der Waals surface area contributed by atoms with Gasteiger partial charge in [-0.2, -0.15) is 0 Å². The second-order valence-electron chi connectivity index (χ2n) is 10.8. The minimum atomic E-state index is -0.863. The molecule has 2 bridgehead atoms. The summed E-state index contributed by atoms with van der Waals surface area (Å²) in [6.45, 7) is 9.59. The molecule has 4 atom stereocenters. The van der Waals surface area contributed by atoms with Crippen LogP contribution in [0, 0.1) is 28.5 Å². The van der Waals surface area contributed by atoms with E-state index in [2.05, 4.69) is 15.0 Å². The zero-order valence-corrected chi connectivity index (χ0v) is 21.4. The van der Waals surface area contributed by atoms with Gasteiger partial charge in [-0.1, -0.05) is 30.3 Å². The van der Waals surface area contributed by atoms with Crippen molar-refractivity contribution in [2.45, 2.75) is 37.4 Å². The van der Waals surface area contributed by atoms with Crippen molar-refractivity contribution >= 4 is 50.6 Å². The molecular formula is C29H23N5O6. The number of nitrogens with zero attached hydrogens (tertiary/aromatic N) is 4. The van der Waals surface area contributed by atoms with Gasteiger partial charge in [0.15, 0.2) is 5.69 Å². The Hall–Kier alpha value is -4.82. The van der Waals surface area contributed by atoms with Gasteiger partial charge in [0, 0.05) is 18.6 Å². The summed E-state index contributed by atoms with van der Waals surface area (Å²) in [6.07, 6.45) is 1.63. The molecule has 3 aliphatic rings. The molecule has 3 saturated heterocycles. The zero-order valence-electron chi connectivity index (χ0n) is 21.4. The van der Waals surface area contributed by atoms with E-state index in [0.717, 1.165) is 0 Å². The number of nitro benzene ring substituents is 1. The Bertz CT molecular complexity index is 1810. The Balaban J connectivity index is 1.18. The van der Waals surface area contributed by atoms with Crippen LogP contribution in [0.15, 0.2) is 54.6 Å². The van der Waals surface area contributed by atoms with E-state index in [9.17, 15) is 19.7 Å². The lowest BCUT2D eigenvalue weighted by atomic mass is 9.67. The van der Waals surface area contributed by atoms with Gasteiger partial charge in [-0.15, -0.1) is 5.10 Å². The lowest BCUT2D eigenvalue weighted by Gasteiger charge is -2.31. The number of ether oxygens (including phenoxy) is 2. The number of nitrogens with one attached hydrogen (secondary N) is 1. The van der Waals surface area contributed by atoms with Crippen molar-refractivity contribution < 1.29 is 24.0 Å². The molecule has 3 fully saturated rings. The van der Waals surface area contributed by atoms with Crippen LogP contribution in [0.3, 0.4) is 0 Å². The van der Waals surface area contributed by atoms with E-state index < -0.39 is 28.0 Å². The van der Waals surface area contributed by atoms with E-state index in [-0.39, 0.29) is 24.1 Å². The third kappa shape index (κ3) is 3.23. The molecular weight excluding hydrogens is 514 g/mol. The Kier molecular flexibility index (Phi) is 5.05. The zero-order chi connectivity index (χ0) is 27.8. The molecule has 3 aromatic carbocycles. The van der Waals surface area contributed by atoms with Crippen molar-refractivity contribution in [3.63, 3.8) is 0 Å². The van der Waals surface area contributed by atoms with Gasteiger partial charge >= 0.3 is 0 Å². The first-order valence-electron chi connectivity index (χ1n) is 13.0. The highest BCUT2D eigenvalue weighted by Crippen LogP contribution is 2.62. The monoisotopic (exact) mass is 537 g/mol. The molecule has 2 unspecified atom stereocenters. The van der Waals surface area contributed by atoms with Gasteiger partial charge in [-0.25, -0.2) is 9.74 Å². The maximum Gasteiger partial charge on any atom is 0.271 e. The summed E-state index contributed by atoms with van der Waals surface area (Å²) in [4.78, 5) is 43.4. The number of nitro groups is 1. The van der Waals surface area contributed by atoms with E-state index in [4.69, 9.17) is 16.0 Å². The number of H-pyrrole nitrogens is 1. The lowest BCUT2D eigenvalue weighted by molar-refractivity contribution is -0.384. The predicted octanol–water partition coefficient (Wildman–Crippen LogP) is 5.07. The smallest absolute Gasteiger partial charge is 0.271 e. The van der Waals surface area contributed by atoms with Crippen molar-refractivity contribution in [3.05, 3.63) is 76.1 Å². The highest BCUT2D eigenvalue weighted by atomic mass is 16.6. The number of rotatable bonds is 6. The number of aromatic nitrogens is 2. The molecule has 200 valence electrons. The number of benzene rings is 3. The summed E-state index contributed by atoms with van der Waals surface area (Å²) in [5.41, 5.74) is -0.254. The summed E-state index contributed by atoms with van der Waals surface area (Å²) < 4.78 is 12.5. The molecule has 7 rings (SSSR count). The van der Waals surface area contributed by atoms with Crippen LogP contribution in [-0.4, -0.2) is 44.7 Å². The normalized spacial score (nSPS) is 26.9. The molecule has 11 heteroatoms. The Labute approximate surface area is 227 Å². The summed E-state index contributed by atoms with van der Waals surface area (Å²) in [6, 6.07) is 15.0. The van der Waals surface area contributed by atoms with E-state index in [1.807, 2.05) is 31.2 Å². The van der Waals surface area contributed by atoms with E-state index in [0.29, 0.717) is 58.2 Å². The number of aromatic amines is 1. The number of non-ortho nitro benzene ring substituents is 1. The second-order valence-corrected chi connectivity index (χ2v) is 10.8. The maximum atomic E-state index is 14.0. The molecule has 0 spiro atoms. The Morgan fingerprint density at radius 3 is 2.67 bits per heavy atom. The number of hydrogen-bond donors (Lipinski definition) is 1. The lowest BCUT2D eigenvalue weighted by Crippen LogP contribution is -2.43. The van der Waals surface area contributed by atoms with Crippen molar-refractivity contribution in [1.29, 1.82) is 0 Å². The number of hydrogen-bond acceptors (Lipinski definition) is 7. The molecule has 0 saturated carbocycles. The minimum Gasteiger partial charge on any atom is -0.476 e. The van der Waals surface area contributed by atoms with Crippen LogP contribution in [0.5, 0.6) is 5.88 Å². The highest BCUT2D eigenvalue weighted by Gasteiger charge is 2.73.